The van der Waals surface area contributed by atoms with E-state index in [0.717, 1.165) is 23.5 Å². The van der Waals surface area contributed by atoms with Crippen molar-refractivity contribution in [3.05, 3.63) is 52.2 Å². The number of rotatable bonds is 6. The molecule has 0 radical (unpaired) electrons. The van der Waals surface area contributed by atoms with Crippen LogP contribution < -0.4 is 4.74 Å². The first-order valence-corrected chi connectivity index (χ1v) is 11.1. The minimum atomic E-state index is -0.554. The number of piperazine rings is 1. The minimum Gasteiger partial charge on any atom is -0.481 e. The average molecular weight is 447 g/mol. The molecule has 1 unspecified atom stereocenters. The molecule has 30 heavy (non-hydrogen) atoms. The Morgan fingerprint density at radius 3 is 2.80 bits per heavy atom. The molecule has 158 valence electrons. The lowest BCUT2D eigenvalue weighted by Gasteiger charge is -2.35. The van der Waals surface area contributed by atoms with Crippen LogP contribution >= 0.6 is 22.9 Å². The molecule has 1 atom stereocenters. The summed E-state index contributed by atoms with van der Waals surface area (Å²) in [5, 5.41) is 6.72. The maximum Gasteiger partial charge on any atom is 0.263 e. The number of halogens is 1. The summed E-state index contributed by atoms with van der Waals surface area (Å²) < 4.78 is 11.2. The summed E-state index contributed by atoms with van der Waals surface area (Å²) in [6.45, 7) is 7.04. The molecule has 1 saturated heterocycles. The topological polar surface area (TPSA) is 71.7 Å². The van der Waals surface area contributed by atoms with E-state index in [-0.39, 0.29) is 5.91 Å². The number of benzene rings is 1. The Morgan fingerprint density at radius 2 is 2.10 bits per heavy atom. The Morgan fingerprint density at radius 1 is 1.30 bits per heavy atom. The number of nitrogens with zero attached hydrogens (tertiary/aromatic N) is 4. The van der Waals surface area contributed by atoms with Crippen molar-refractivity contribution < 1.29 is 14.1 Å². The van der Waals surface area contributed by atoms with Crippen molar-refractivity contribution in [2.24, 2.45) is 0 Å². The van der Waals surface area contributed by atoms with E-state index in [2.05, 4.69) is 15.0 Å². The lowest BCUT2D eigenvalue weighted by atomic mass is 10.2. The molecule has 1 aromatic carbocycles. The molecule has 3 aromatic rings. The van der Waals surface area contributed by atoms with Gasteiger partial charge in [-0.15, -0.1) is 11.3 Å². The highest BCUT2D eigenvalue weighted by Crippen LogP contribution is 2.23. The van der Waals surface area contributed by atoms with Crippen LogP contribution in [0.3, 0.4) is 0 Å². The first-order valence-electron chi connectivity index (χ1n) is 9.80. The first-order chi connectivity index (χ1) is 14.5. The van der Waals surface area contributed by atoms with E-state index < -0.39 is 6.10 Å². The van der Waals surface area contributed by atoms with E-state index in [1.807, 2.05) is 35.4 Å². The largest absolute Gasteiger partial charge is 0.481 e. The fraction of sp³-hybridized carbons (Fsp3) is 0.381. The molecule has 4 rings (SSSR count). The van der Waals surface area contributed by atoms with Gasteiger partial charge in [0.05, 0.1) is 11.4 Å². The summed E-state index contributed by atoms with van der Waals surface area (Å²) in [4.78, 5) is 22.3. The summed E-state index contributed by atoms with van der Waals surface area (Å²) in [6, 6.07) is 9.34. The van der Waals surface area contributed by atoms with Gasteiger partial charge in [0.25, 0.3) is 5.91 Å². The van der Waals surface area contributed by atoms with Gasteiger partial charge >= 0.3 is 0 Å². The average Bonchev–Trinajstić information content (AvgIpc) is 3.43. The molecule has 0 spiro atoms. The van der Waals surface area contributed by atoms with Gasteiger partial charge < -0.3 is 14.2 Å². The van der Waals surface area contributed by atoms with E-state index in [4.69, 9.17) is 20.9 Å². The fourth-order valence-electron chi connectivity index (χ4n) is 3.34. The number of amides is 1. The third kappa shape index (κ3) is 4.83. The van der Waals surface area contributed by atoms with Crippen molar-refractivity contribution in [3.63, 3.8) is 0 Å². The van der Waals surface area contributed by atoms with Gasteiger partial charge in [-0.25, -0.2) is 0 Å². The molecule has 1 aliphatic heterocycles. The third-order valence-corrected chi connectivity index (χ3v) is 6.33. The molecule has 1 amide bonds. The van der Waals surface area contributed by atoms with Crippen LogP contribution in [0.2, 0.25) is 5.02 Å². The normalized spacial score (nSPS) is 15.9. The highest BCUT2D eigenvalue weighted by molar-refractivity contribution is 7.13. The second kappa shape index (κ2) is 9.16. The lowest BCUT2D eigenvalue weighted by Crippen LogP contribution is -2.51. The molecule has 1 aliphatic rings. The van der Waals surface area contributed by atoms with Crippen LogP contribution in [0.1, 0.15) is 18.4 Å². The quantitative estimate of drug-likeness (QED) is 0.572. The van der Waals surface area contributed by atoms with E-state index in [0.29, 0.717) is 42.1 Å². The Labute approximate surface area is 184 Å². The van der Waals surface area contributed by atoms with Crippen molar-refractivity contribution in [1.82, 2.24) is 19.9 Å². The van der Waals surface area contributed by atoms with Crippen LogP contribution in [-0.4, -0.2) is 58.1 Å². The molecule has 2 aromatic heterocycles. The molecule has 0 saturated carbocycles. The summed E-state index contributed by atoms with van der Waals surface area (Å²) in [6.07, 6.45) is -0.554. The SMILES string of the molecule is Cc1cc(OC(C)C(=O)N2CCN(Cc3nc(-c4cccs4)no3)CC2)ccc1Cl. The van der Waals surface area contributed by atoms with Gasteiger partial charge in [0.2, 0.25) is 11.7 Å². The summed E-state index contributed by atoms with van der Waals surface area (Å²) in [5.41, 5.74) is 0.922. The van der Waals surface area contributed by atoms with Crippen molar-refractivity contribution in [1.29, 1.82) is 0 Å². The Bertz CT molecular complexity index is 1000. The number of carbonyl (C=O) groups is 1. The van der Waals surface area contributed by atoms with Gasteiger partial charge in [0.15, 0.2) is 6.10 Å². The van der Waals surface area contributed by atoms with E-state index >= 15 is 0 Å². The molecular formula is C21H23ClN4O3S. The van der Waals surface area contributed by atoms with Crippen molar-refractivity contribution in [2.45, 2.75) is 26.5 Å². The first kappa shape index (κ1) is 20.8. The van der Waals surface area contributed by atoms with Crippen LogP contribution in [0, 0.1) is 6.92 Å². The van der Waals surface area contributed by atoms with Crippen LogP contribution in [0.15, 0.2) is 40.2 Å². The third-order valence-electron chi connectivity index (χ3n) is 5.04. The van der Waals surface area contributed by atoms with Gasteiger partial charge in [-0.05, 0) is 49.1 Å². The highest BCUT2D eigenvalue weighted by Gasteiger charge is 2.27. The maximum absolute atomic E-state index is 12.8. The van der Waals surface area contributed by atoms with Gasteiger partial charge in [-0.1, -0.05) is 22.8 Å². The standard InChI is InChI=1S/C21H23ClN4O3S/c1-14-12-16(5-6-17(14)22)28-15(2)21(27)26-9-7-25(8-10-26)13-19-23-20(24-29-19)18-4-3-11-30-18/h3-6,11-12,15H,7-10,13H2,1-2H3. The van der Waals surface area contributed by atoms with E-state index in [9.17, 15) is 4.79 Å². The molecule has 0 aliphatic carbocycles. The van der Waals surface area contributed by atoms with Crippen LogP contribution in [0.25, 0.3) is 10.7 Å². The van der Waals surface area contributed by atoms with E-state index in [1.165, 1.54) is 0 Å². The van der Waals surface area contributed by atoms with Gasteiger partial charge in [0, 0.05) is 31.2 Å². The lowest BCUT2D eigenvalue weighted by molar-refractivity contribution is -0.139. The zero-order valence-electron chi connectivity index (χ0n) is 16.9. The number of aryl methyl sites for hydroxylation is 1. The second-order valence-electron chi connectivity index (χ2n) is 7.26. The Kier molecular flexibility index (Phi) is 6.36. The number of hydrogen-bond acceptors (Lipinski definition) is 7. The van der Waals surface area contributed by atoms with Crippen molar-refractivity contribution >= 4 is 28.8 Å². The molecule has 9 heteroatoms. The summed E-state index contributed by atoms with van der Waals surface area (Å²) >= 11 is 7.63. The molecule has 0 N–H and O–H groups in total. The van der Waals surface area contributed by atoms with Crippen LogP contribution in [-0.2, 0) is 11.3 Å². The molecular weight excluding hydrogens is 424 g/mol. The highest BCUT2D eigenvalue weighted by atomic mass is 35.5. The monoisotopic (exact) mass is 446 g/mol. The summed E-state index contributed by atoms with van der Waals surface area (Å²) in [5.74, 6) is 1.85. The predicted octanol–water partition coefficient (Wildman–Crippen LogP) is 3.87. The fourth-order valence-corrected chi connectivity index (χ4v) is 4.11. The summed E-state index contributed by atoms with van der Waals surface area (Å²) in [7, 11) is 0. The zero-order valence-corrected chi connectivity index (χ0v) is 18.4. The molecule has 7 nitrogen and oxygen atoms in total. The van der Waals surface area contributed by atoms with Gasteiger partial charge in [-0.3, -0.25) is 9.69 Å². The zero-order chi connectivity index (χ0) is 21.1. The van der Waals surface area contributed by atoms with E-state index in [1.54, 1.807) is 30.4 Å². The Balaban J connectivity index is 1.27. The van der Waals surface area contributed by atoms with Crippen LogP contribution in [0.5, 0.6) is 5.75 Å². The number of hydrogen-bond donors (Lipinski definition) is 0. The van der Waals surface area contributed by atoms with Crippen molar-refractivity contribution in [2.75, 3.05) is 26.2 Å². The van der Waals surface area contributed by atoms with Gasteiger partial charge in [0.1, 0.15) is 5.75 Å². The maximum atomic E-state index is 12.8. The smallest absolute Gasteiger partial charge is 0.263 e. The number of ether oxygens (including phenoxy) is 1. The van der Waals surface area contributed by atoms with Crippen molar-refractivity contribution in [3.8, 4) is 16.5 Å². The number of carbonyl (C=O) groups excluding carboxylic acids is 1. The second-order valence-corrected chi connectivity index (χ2v) is 8.62. The Hall–Kier alpha value is -2.42. The predicted molar refractivity (Wildman–Crippen MR) is 116 cm³/mol. The molecule has 0 bridgehead atoms. The van der Waals surface area contributed by atoms with Crippen LogP contribution in [0.4, 0.5) is 0 Å². The number of thiophene rings is 1. The minimum absolute atomic E-state index is 0.0139. The number of aromatic nitrogens is 2. The molecule has 1 fully saturated rings. The van der Waals surface area contributed by atoms with Gasteiger partial charge in [-0.2, -0.15) is 4.98 Å². The molecule has 3 heterocycles.